The zero-order valence-corrected chi connectivity index (χ0v) is 13.4. The lowest BCUT2D eigenvalue weighted by Gasteiger charge is -2.21. The molecule has 1 aromatic heterocycles. The van der Waals surface area contributed by atoms with Gasteiger partial charge in [-0.2, -0.15) is 5.10 Å². The molecular weight excluding hydrogens is 316 g/mol. The van der Waals surface area contributed by atoms with Crippen molar-refractivity contribution in [1.82, 2.24) is 9.78 Å². The summed E-state index contributed by atoms with van der Waals surface area (Å²) in [6.45, 7) is 2.49. The second kappa shape index (κ2) is 7.48. The number of benzene rings is 1. The molecule has 0 radical (unpaired) electrons. The first-order chi connectivity index (χ1) is 11.2. The summed E-state index contributed by atoms with van der Waals surface area (Å²) in [4.78, 5) is 12.0. The lowest BCUT2D eigenvalue weighted by atomic mass is 10.0. The molecule has 7 heteroatoms. The molecule has 2 heterocycles. The topological polar surface area (TPSA) is 68.2 Å². The van der Waals surface area contributed by atoms with Crippen molar-refractivity contribution in [3.8, 4) is 0 Å². The molecule has 6 nitrogen and oxygen atoms in total. The van der Waals surface area contributed by atoms with Gasteiger partial charge in [-0.3, -0.25) is 4.68 Å². The quantitative estimate of drug-likeness (QED) is 0.897. The molecule has 2 N–H and O–H groups in total. The number of nitrogens with one attached hydrogen (secondary N) is 2. The zero-order chi connectivity index (χ0) is 16.1. The van der Waals surface area contributed by atoms with Crippen molar-refractivity contribution in [2.45, 2.75) is 19.4 Å². The molecule has 1 aliphatic heterocycles. The summed E-state index contributed by atoms with van der Waals surface area (Å²) in [5.41, 5.74) is 1.35. The highest BCUT2D eigenvalue weighted by atomic mass is 35.5. The largest absolute Gasteiger partial charge is 0.381 e. The van der Waals surface area contributed by atoms with Crippen LogP contribution in [0.1, 0.15) is 12.8 Å². The van der Waals surface area contributed by atoms with Crippen LogP contribution in [0, 0.1) is 5.92 Å². The Morgan fingerprint density at radius 2 is 1.91 bits per heavy atom. The van der Waals surface area contributed by atoms with Crippen molar-refractivity contribution in [2.75, 3.05) is 23.8 Å². The van der Waals surface area contributed by atoms with Gasteiger partial charge in [0.1, 0.15) is 0 Å². The minimum absolute atomic E-state index is 0.307. The van der Waals surface area contributed by atoms with Crippen molar-refractivity contribution in [2.24, 2.45) is 5.92 Å². The van der Waals surface area contributed by atoms with Crippen LogP contribution in [0.3, 0.4) is 0 Å². The first kappa shape index (κ1) is 15.8. The van der Waals surface area contributed by atoms with E-state index in [1.54, 1.807) is 30.5 Å². The number of halogens is 1. The third kappa shape index (κ3) is 4.71. The van der Waals surface area contributed by atoms with Gasteiger partial charge in [0.2, 0.25) is 0 Å². The summed E-state index contributed by atoms with van der Waals surface area (Å²) in [5, 5.41) is 10.4. The maximum Gasteiger partial charge on any atom is 0.323 e. The molecule has 23 heavy (non-hydrogen) atoms. The van der Waals surface area contributed by atoms with Crippen LogP contribution in [-0.4, -0.2) is 29.0 Å². The molecule has 0 bridgehead atoms. The van der Waals surface area contributed by atoms with E-state index in [9.17, 15) is 4.79 Å². The van der Waals surface area contributed by atoms with Crippen molar-refractivity contribution < 1.29 is 9.53 Å². The van der Waals surface area contributed by atoms with Gasteiger partial charge in [-0.1, -0.05) is 11.6 Å². The van der Waals surface area contributed by atoms with E-state index < -0.39 is 0 Å². The van der Waals surface area contributed by atoms with E-state index in [0.717, 1.165) is 32.6 Å². The van der Waals surface area contributed by atoms with Crippen molar-refractivity contribution in [3.05, 3.63) is 41.7 Å². The fraction of sp³-hybridized carbons (Fsp3) is 0.375. The highest BCUT2D eigenvalue weighted by Crippen LogP contribution is 2.18. The molecule has 0 aliphatic carbocycles. The van der Waals surface area contributed by atoms with Crippen molar-refractivity contribution >= 4 is 29.0 Å². The van der Waals surface area contributed by atoms with E-state index in [2.05, 4.69) is 15.7 Å². The minimum Gasteiger partial charge on any atom is -0.381 e. The molecule has 1 saturated heterocycles. The number of amides is 2. The van der Waals surface area contributed by atoms with E-state index >= 15 is 0 Å². The number of urea groups is 1. The number of rotatable bonds is 4. The standard InChI is InChI=1S/C16H19ClN4O2/c17-13-1-3-14(4-2-13)19-16(22)20-15-9-18-21(11-15)10-12-5-7-23-8-6-12/h1-4,9,11-12H,5-8,10H2,(H2,19,20,22). The minimum atomic E-state index is -0.307. The number of carbonyl (C=O) groups is 1. The third-order valence-electron chi connectivity index (χ3n) is 3.78. The number of hydrogen-bond donors (Lipinski definition) is 2. The highest BCUT2D eigenvalue weighted by Gasteiger charge is 2.15. The fourth-order valence-corrected chi connectivity index (χ4v) is 2.67. The van der Waals surface area contributed by atoms with E-state index in [0.29, 0.717) is 22.3 Å². The maximum absolute atomic E-state index is 12.0. The molecule has 1 aromatic carbocycles. The van der Waals surface area contributed by atoms with Crippen LogP contribution in [-0.2, 0) is 11.3 Å². The monoisotopic (exact) mass is 334 g/mol. The Balaban J connectivity index is 1.51. The van der Waals surface area contributed by atoms with Gasteiger partial charge in [0.05, 0.1) is 11.9 Å². The molecule has 2 amide bonds. The first-order valence-electron chi connectivity index (χ1n) is 7.63. The molecule has 1 fully saturated rings. The number of nitrogens with zero attached hydrogens (tertiary/aromatic N) is 2. The lowest BCUT2D eigenvalue weighted by molar-refractivity contribution is 0.0601. The second-order valence-electron chi connectivity index (χ2n) is 5.59. The molecule has 122 valence electrons. The summed E-state index contributed by atoms with van der Waals surface area (Å²) >= 11 is 5.81. The Morgan fingerprint density at radius 1 is 1.22 bits per heavy atom. The summed E-state index contributed by atoms with van der Waals surface area (Å²) in [6.07, 6.45) is 5.61. The Kier molecular flexibility index (Phi) is 5.15. The van der Waals surface area contributed by atoms with Gasteiger partial charge in [0.15, 0.2) is 0 Å². The van der Waals surface area contributed by atoms with Gasteiger partial charge in [0.25, 0.3) is 0 Å². The van der Waals surface area contributed by atoms with Gasteiger partial charge in [-0.25, -0.2) is 4.79 Å². The summed E-state index contributed by atoms with van der Waals surface area (Å²) in [7, 11) is 0. The average Bonchev–Trinajstić information content (AvgIpc) is 2.97. The molecular formula is C16H19ClN4O2. The number of aromatic nitrogens is 2. The van der Waals surface area contributed by atoms with E-state index in [-0.39, 0.29) is 6.03 Å². The van der Waals surface area contributed by atoms with Crippen molar-refractivity contribution in [1.29, 1.82) is 0 Å². The molecule has 2 aromatic rings. The molecule has 0 spiro atoms. The molecule has 0 atom stereocenters. The smallest absolute Gasteiger partial charge is 0.323 e. The Hall–Kier alpha value is -2.05. The average molecular weight is 335 g/mol. The number of ether oxygens (including phenoxy) is 1. The van der Waals surface area contributed by atoms with E-state index in [1.165, 1.54) is 0 Å². The van der Waals surface area contributed by atoms with Crippen LogP contribution in [0.2, 0.25) is 5.02 Å². The Labute approximate surface area is 139 Å². The molecule has 0 saturated carbocycles. The number of anilines is 2. The van der Waals surface area contributed by atoms with E-state index in [1.807, 2.05) is 10.9 Å². The molecule has 1 aliphatic rings. The lowest BCUT2D eigenvalue weighted by Crippen LogP contribution is -2.20. The Bertz CT molecular complexity index is 650. The van der Waals surface area contributed by atoms with Gasteiger partial charge in [-0.05, 0) is 43.0 Å². The van der Waals surface area contributed by atoms with Crippen LogP contribution in [0.5, 0.6) is 0 Å². The van der Waals surface area contributed by atoms with Crippen LogP contribution in [0.25, 0.3) is 0 Å². The zero-order valence-electron chi connectivity index (χ0n) is 12.7. The number of hydrogen-bond acceptors (Lipinski definition) is 3. The first-order valence-corrected chi connectivity index (χ1v) is 8.00. The molecule has 3 rings (SSSR count). The van der Waals surface area contributed by atoms with Gasteiger partial charge >= 0.3 is 6.03 Å². The highest BCUT2D eigenvalue weighted by molar-refractivity contribution is 6.30. The van der Waals surface area contributed by atoms with Crippen LogP contribution < -0.4 is 10.6 Å². The van der Waals surface area contributed by atoms with Crippen LogP contribution >= 0.6 is 11.6 Å². The van der Waals surface area contributed by atoms with Gasteiger partial charge in [-0.15, -0.1) is 0 Å². The normalized spacial score (nSPS) is 15.3. The summed E-state index contributed by atoms with van der Waals surface area (Å²) in [5.74, 6) is 0.583. The van der Waals surface area contributed by atoms with Crippen LogP contribution in [0.15, 0.2) is 36.7 Å². The second-order valence-corrected chi connectivity index (χ2v) is 6.03. The predicted molar refractivity (Wildman–Crippen MR) is 89.9 cm³/mol. The number of carbonyl (C=O) groups excluding carboxylic acids is 1. The van der Waals surface area contributed by atoms with Crippen molar-refractivity contribution in [3.63, 3.8) is 0 Å². The maximum atomic E-state index is 12.0. The fourth-order valence-electron chi connectivity index (χ4n) is 2.55. The van der Waals surface area contributed by atoms with E-state index in [4.69, 9.17) is 16.3 Å². The summed E-state index contributed by atoms with van der Waals surface area (Å²) in [6, 6.07) is 6.64. The predicted octanol–water partition coefficient (Wildman–Crippen LogP) is 3.61. The SMILES string of the molecule is O=C(Nc1ccc(Cl)cc1)Nc1cnn(CC2CCOCC2)c1. The molecule has 0 unspecified atom stereocenters. The van der Waals surface area contributed by atoms with Crippen LogP contribution in [0.4, 0.5) is 16.2 Å². The van der Waals surface area contributed by atoms with Gasteiger partial charge in [0, 0.05) is 36.7 Å². The van der Waals surface area contributed by atoms with Gasteiger partial charge < -0.3 is 15.4 Å². The summed E-state index contributed by atoms with van der Waals surface area (Å²) < 4.78 is 7.22. The third-order valence-corrected chi connectivity index (χ3v) is 4.03. The Morgan fingerprint density at radius 3 is 2.65 bits per heavy atom.